The van der Waals surface area contributed by atoms with Crippen LogP contribution in [0, 0.1) is 0 Å². The number of rotatable bonds is 7. The molecule has 2 rings (SSSR count). The molecule has 6 heteroatoms. The second-order valence-corrected chi connectivity index (χ2v) is 7.59. The molecule has 0 spiro atoms. The van der Waals surface area contributed by atoms with Crippen molar-refractivity contribution in [1.29, 1.82) is 0 Å². The van der Waals surface area contributed by atoms with Gasteiger partial charge in [0.1, 0.15) is 6.04 Å². The van der Waals surface area contributed by atoms with Crippen LogP contribution in [0.5, 0.6) is 0 Å². The number of hydrogen-bond donors (Lipinski definition) is 1. The first-order chi connectivity index (χ1) is 12.8. The van der Waals surface area contributed by atoms with Crippen LogP contribution in [0.3, 0.4) is 0 Å². The Kier molecular flexibility index (Phi) is 7.69. The molecule has 0 aliphatic carbocycles. The Bertz CT molecular complexity index is 794. The molecule has 2 aromatic rings. The highest BCUT2D eigenvalue weighted by atomic mass is 35.5. The van der Waals surface area contributed by atoms with Gasteiger partial charge >= 0.3 is 0 Å². The SMILES string of the molecule is CC(C)NC(=O)[C@@H](C)N(Cc1ccc(Cl)c(Cl)c1)C(=O)Cc1ccccc1. The lowest BCUT2D eigenvalue weighted by molar-refractivity contribution is -0.140. The third-order valence-electron chi connectivity index (χ3n) is 4.13. The van der Waals surface area contributed by atoms with Crippen LogP contribution in [0.1, 0.15) is 31.9 Å². The number of halogens is 2. The van der Waals surface area contributed by atoms with Crippen molar-refractivity contribution < 1.29 is 9.59 Å². The third kappa shape index (κ3) is 6.26. The fraction of sp³-hybridized carbons (Fsp3) is 0.333. The summed E-state index contributed by atoms with van der Waals surface area (Å²) in [6.45, 7) is 5.78. The van der Waals surface area contributed by atoms with Crippen LogP contribution in [-0.2, 0) is 22.6 Å². The quantitative estimate of drug-likeness (QED) is 0.736. The maximum atomic E-state index is 13.0. The molecular weight excluding hydrogens is 383 g/mol. The molecule has 0 saturated heterocycles. The number of amides is 2. The van der Waals surface area contributed by atoms with Crippen molar-refractivity contribution in [3.63, 3.8) is 0 Å². The molecule has 0 radical (unpaired) electrons. The molecule has 0 bridgehead atoms. The van der Waals surface area contributed by atoms with E-state index in [-0.39, 0.29) is 30.8 Å². The lowest BCUT2D eigenvalue weighted by Crippen LogP contribution is -2.49. The second-order valence-electron chi connectivity index (χ2n) is 6.77. The molecule has 0 aliphatic heterocycles. The van der Waals surface area contributed by atoms with Gasteiger partial charge in [-0.1, -0.05) is 59.6 Å². The summed E-state index contributed by atoms with van der Waals surface area (Å²) in [5, 5.41) is 3.74. The second kappa shape index (κ2) is 9.77. The summed E-state index contributed by atoms with van der Waals surface area (Å²) in [7, 11) is 0. The van der Waals surface area contributed by atoms with Crippen molar-refractivity contribution in [3.8, 4) is 0 Å². The van der Waals surface area contributed by atoms with E-state index >= 15 is 0 Å². The molecule has 1 N–H and O–H groups in total. The summed E-state index contributed by atoms with van der Waals surface area (Å²) >= 11 is 12.1. The van der Waals surface area contributed by atoms with Gasteiger partial charge in [0, 0.05) is 12.6 Å². The van der Waals surface area contributed by atoms with E-state index in [1.165, 1.54) is 0 Å². The van der Waals surface area contributed by atoms with E-state index in [1.807, 2.05) is 50.2 Å². The molecule has 27 heavy (non-hydrogen) atoms. The number of carbonyl (C=O) groups is 2. The third-order valence-corrected chi connectivity index (χ3v) is 4.87. The van der Waals surface area contributed by atoms with E-state index < -0.39 is 6.04 Å². The Morgan fingerprint density at radius 1 is 0.963 bits per heavy atom. The predicted molar refractivity (Wildman–Crippen MR) is 110 cm³/mol. The van der Waals surface area contributed by atoms with Crippen LogP contribution < -0.4 is 5.32 Å². The van der Waals surface area contributed by atoms with Gasteiger partial charge < -0.3 is 10.2 Å². The number of nitrogens with zero attached hydrogens (tertiary/aromatic N) is 1. The molecule has 0 saturated carbocycles. The highest BCUT2D eigenvalue weighted by Gasteiger charge is 2.26. The maximum Gasteiger partial charge on any atom is 0.242 e. The number of nitrogens with one attached hydrogen (secondary N) is 1. The van der Waals surface area contributed by atoms with Crippen LogP contribution in [0.15, 0.2) is 48.5 Å². The summed E-state index contributed by atoms with van der Waals surface area (Å²) in [5.74, 6) is -0.315. The van der Waals surface area contributed by atoms with Crippen molar-refractivity contribution in [1.82, 2.24) is 10.2 Å². The van der Waals surface area contributed by atoms with Crippen LogP contribution >= 0.6 is 23.2 Å². The van der Waals surface area contributed by atoms with E-state index in [2.05, 4.69) is 5.32 Å². The Balaban J connectivity index is 2.24. The lowest BCUT2D eigenvalue weighted by atomic mass is 10.1. The molecule has 0 heterocycles. The van der Waals surface area contributed by atoms with Crippen molar-refractivity contribution in [3.05, 3.63) is 69.7 Å². The number of benzene rings is 2. The van der Waals surface area contributed by atoms with Crippen LogP contribution in [-0.4, -0.2) is 28.8 Å². The Labute approximate surface area is 170 Å². The zero-order valence-electron chi connectivity index (χ0n) is 15.7. The van der Waals surface area contributed by atoms with E-state index in [0.29, 0.717) is 10.0 Å². The fourth-order valence-corrected chi connectivity index (χ4v) is 3.02. The summed E-state index contributed by atoms with van der Waals surface area (Å²) < 4.78 is 0. The first kappa shape index (κ1) is 21.3. The normalized spacial score (nSPS) is 11.9. The van der Waals surface area contributed by atoms with Gasteiger partial charge in [0.05, 0.1) is 16.5 Å². The monoisotopic (exact) mass is 406 g/mol. The molecule has 2 aromatic carbocycles. The van der Waals surface area contributed by atoms with Gasteiger partial charge in [-0.3, -0.25) is 9.59 Å². The highest BCUT2D eigenvalue weighted by Crippen LogP contribution is 2.24. The average molecular weight is 407 g/mol. The highest BCUT2D eigenvalue weighted by molar-refractivity contribution is 6.42. The molecule has 144 valence electrons. The minimum atomic E-state index is -0.613. The van der Waals surface area contributed by atoms with Gasteiger partial charge in [0.2, 0.25) is 11.8 Å². The Morgan fingerprint density at radius 3 is 2.22 bits per heavy atom. The molecular formula is C21H24Cl2N2O2. The topological polar surface area (TPSA) is 49.4 Å². The summed E-state index contributed by atoms with van der Waals surface area (Å²) in [6, 6.07) is 14.1. The lowest BCUT2D eigenvalue weighted by Gasteiger charge is -2.29. The van der Waals surface area contributed by atoms with E-state index in [1.54, 1.807) is 24.0 Å². The summed E-state index contributed by atoms with van der Waals surface area (Å²) in [5.41, 5.74) is 1.72. The van der Waals surface area contributed by atoms with Gasteiger partial charge in [-0.05, 0) is 44.0 Å². The minimum Gasteiger partial charge on any atom is -0.352 e. The zero-order chi connectivity index (χ0) is 20.0. The average Bonchev–Trinajstić information content (AvgIpc) is 2.62. The van der Waals surface area contributed by atoms with Gasteiger partial charge in [0.15, 0.2) is 0 Å². The minimum absolute atomic E-state index is 0.00370. The van der Waals surface area contributed by atoms with E-state index in [4.69, 9.17) is 23.2 Å². The number of hydrogen-bond acceptors (Lipinski definition) is 2. The maximum absolute atomic E-state index is 13.0. The Morgan fingerprint density at radius 2 is 1.63 bits per heavy atom. The summed E-state index contributed by atoms with van der Waals surface area (Å²) in [4.78, 5) is 27.1. The molecule has 0 aromatic heterocycles. The van der Waals surface area contributed by atoms with Gasteiger partial charge in [-0.15, -0.1) is 0 Å². The van der Waals surface area contributed by atoms with Crippen molar-refractivity contribution in [2.45, 2.75) is 45.8 Å². The Hall–Kier alpha value is -2.04. The van der Waals surface area contributed by atoms with Crippen molar-refractivity contribution >= 4 is 35.0 Å². The zero-order valence-corrected chi connectivity index (χ0v) is 17.2. The molecule has 0 fully saturated rings. The number of carbonyl (C=O) groups excluding carboxylic acids is 2. The van der Waals surface area contributed by atoms with Crippen molar-refractivity contribution in [2.24, 2.45) is 0 Å². The van der Waals surface area contributed by atoms with Crippen LogP contribution in [0.25, 0.3) is 0 Å². The van der Waals surface area contributed by atoms with E-state index in [0.717, 1.165) is 11.1 Å². The molecule has 2 amide bonds. The standard InChI is InChI=1S/C21H24Cl2N2O2/c1-14(2)24-21(27)15(3)25(13-17-9-10-18(22)19(23)11-17)20(26)12-16-7-5-4-6-8-16/h4-11,14-15H,12-13H2,1-3H3,(H,24,27)/t15-/m1/s1. The summed E-state index contributed by atoms with van der Waals surface area (Å²) in [6.07, 6.45) is 0.224. The van der Waals surface area contributed by atoms with Crippen LogP contribution in [0.2, 0.25) is 10.0 Å². The predicted octanol–water partition coefficient (Wildman–Crippen LogP) is 4.48. The molecule has 0 unspecified atom stereocenters. The smallest absolute Gasteiger partial charge is 0.242 e. The van der Waals surface area contributed by atoms with Gasteiger partial charge in [0.25, 0.3) is 0 Å². The fourth-order valence-electron chi connectivity index (χ4n) is 2.69. The van der Waals surface area contributed by atoms with E-state index in [9.17, 15) is 9.59 Å². The first-order valence-corrected chi connectivity index (χ1v) is 9.61. The van der Waals surface area contributed by atoms with Crippen molar-refractivity contribution in [2.75, 3.05) is 0 Å². The van der Waals surface area contributed by atoms with Gasteiger partial charge in [-0.2, -0.15) is 0 Å². The first-order valence-electron chi connectivity index (χ1n) is 8.85. The van der Waals surface area contributed by atoms with Crippen LogP contribution in [0.4, 0.5) is 0 Å². The largest absolute Gasteiger partial charge is 0.352 e. The van der Waals surface area contributed by atoms with Gasteiger partial charge in [-0.25, -0.2) is 0 Å². The molecule has 4 nitrogen and oxygen atoms in total. The molecule has 1 atom stereocenters. The molecule has 0 aliphatic rings.